The van der Waals surface area contributed by atoms with Gasteiger partial charge in [0, 0.05) is 23.1 Å². The molecule has 0 saturated heterocycles. The van der Waals surface area contributed by atoms with Gasteiger partial charge in [0.15, 0.2) is 5.78 Å². The third kappa shape index (κ3) is 3.34. The predicted octanol–water partition coefficient (Wildman–Crippen LogP) is 4.67. The minimum atomic E-state index is 0.105. The zero-order valence-electron chi connectivity index (χ0n) is 11.5. The number of fused-ring (bicyclic) bond motifs is 1. The Morgan fingerprint density at radius 1 is 0.952 bits per heavy atom. The first kappa shape index (κ1) is 13.9. The normalized spacial score (nSPS) is 14.7. The smallest absolute Gasteiger partial charge is 0.159 e. The lowest BCUT2D eigenvalue weighted by atomic mass is 9.96. The van der Waals surface area contributed by atoms with Crippen molar-refractivity contribution < 1.29 is 9.53 Å². The number of hydrogen-bond acceptors (Lipinski definition) is 2. The molecule has 2 nitrogen and oxygen atoms in total. The van der Waals surface area contributed by atoms with Gasteiger partial charge in [-0.05, 0) is 42.7 Å². The first-order valence-corrected chi connectivity index (χ1v) is 7.36. The van der Waals surface area contributed by atoms with Gasteiger partial charge in [-0.25, -0.2) is 0 Å². The van der Waals surface area contributed by atoms with Gasteiger partial charge in [-0.1, -0.05) is 35.9 Å². The number of benzene rings is 2. The van der Waals surface area contributed by atoms with Crippen molar-refractivity contribution in [2.75, 3.05) is 0 Å². The number of hydrogen-bond donors (Lipinski definition) is 0. The highest BCUT2D eigenvalue weighted by Gasteiger charge is 2.15. The van der Waals surface area contributed by atoms with Crippen LogP contribution in [0.5, 0.6) is 5.75 Å². The third-order valence-electron chi connectivity index (χ3n) is 3.49. The van der Waals surface area contributed by atoms with Gasteiger partial charge >= 0.3 is 0 Å². The molecule has 0 aromatic heterocycles. The quantitative estimate of drug-likeness (QED) is 0.805. The van der Waals surface area contributed by atoms with Crippen molar-refractivity contribution in [3.8, 4) is 5.75 Å². The number of ether oxygens (including phenoxy) is 1. The molecule has 0 radical (unpaired) electrons. The molecule has 0 N–H and O–H groups in total. The van der Waals surface area contributed by atoms with Crippen LogP contribution >= 0.6 is 11.6 Å². The molecule has 2 aromatic rings. The van der Waals surface area contributed by atoms with Crippen molar-refractivity contribution in [1.82, 2.24) is 0 Å². The molecular formula is C18H15ClO2. The van der Waals surface area contributed by atoms with Crippen LogP contribution in [0.15, 0.2) is 54.6 Å². The van der Waals surface area contributed by atoms with Crippen molar-refractivity contribution in [2.45, 2.75) is 19.3 Å². The number of allylic oxidation sites excluding steroid dienone is 1. The van der Waals surface area contributed by atoms with E-state index >= 15 is 0 Å². The zero-order valence-corrected chi connectivity index (χ0v) is 12.3. The topological polar surface area (TPSA) is 26.3 Å². The highest BCUT2D eigenvalue weighted by molar-refractivity contribution is 6.30. The number of halogens is 1. The Hall–Kier alpha value is -2.06. The lowest BCUT2D eigenvalue weighted by Crippen LogP contribution is -2.07. The van der Waals surface area contributed by atoms with E-state index in [-0.39, 0.29) is 5.78 Å². The van der Waals surface area contributed by atoms with E-state index in [9.17, 15) is 4.79 Å². The van der Waals surface area contributed by atoms with Crippen molar-refractivity contribution >= 4 is 23.1 Å². The Labute approximate surface area is 129 Å². The van der Waals surface area contributed by atoms with E-state index in [0.29, 0.717) is 23.0 Å². The van der Waals surface area contributed by atoms with Gasteiger partial charge in [0.1, 0.15) is 11.5 Å². The van der Waals surface area contributed by atoms with Crippen LogP contribution in [-0.4, -0.2) is 5.78 Å². The number of rotatable bonds is 2. The van der Waals surface area contributed by atoms with Crippen LogP contribution < -0.4 is 4.74 Å². The van der Waals surface area contributed by atoms with Crippen LogP contribution in [0, 0.1) is 0 Å². The average Bonchev–Trinajstić information content (AvgIpc) is 2.48. The fourth-order valence-electron chi connectivity index (χ4n) is 2.44. The minimum absolute atomic E-state index is 0.105. The van der Waals surface area contributed by atoms with Crippen LogP contribution in [0.4, 0.5) is 0 Å². The second kappa shape index (κ2) is 6.15. The highest BCUT2D eigenvalue weighted by atomic mass is 35.5. The Kier molecular flexibility index (Phi) is 4.07. The molecule has 0 spiro atoms. The Morgan fingerprint density at radius 3 is 2.52 bits per heavy atom. The van der Waals surface area contributed by atoms with Crippen LogP contribution in [0.2, 0.25) is 5.02 Å². The second-order valence-corrected chi connectivity index (χ2v) is 5.48. The van der Waals surface area contributed by atoms with Gasteiger partial charge in [-0.2, -0.15) is 0 Å². The van der Waals surface area contributed by atoms with Crippen molar-refractivity contribution in [3.05, 3.63) is 70.8 Å². The lowest BCUT2D eigenvalue weighted by Gasteiger charge is -2.16. The summed E-state index contributed by atoms with van der Waals surface area (Å²) in [6, 6.07) is 15.2. The van der Waals surface area contributed by atoms with Crippen molar-refractivity contribution in [1.29, 1.82) is 0 Å². The number of aryl methyl sites for hydroxylation is 1. The number of carbonyl (C=O) groups is 1. The molecule has 3 rings (SSSR count). The van der Waals surface area contributed by atoms with E-state index in [1.54, 1.807) is 30.3 Å². The third-order valence-corrected chi connectivity index (χ3v) is 3.74. The van der Waals surface area contributed by atoms with Crippen LogP contribution in [0.25, 0.3) is 5.76 Å². The fraction of sp³-hybridized carbons (Fsp3) is 0.167. The molecule has 0 unspecified atom stereocenters. The van der Waals surface area contributed by atoms with E-state index < -0.39 is 0 Å². The Bertz CT molecular complexity index is 687. The molecule has 1 aliphatic carbocycles. The molecule has 106 valence electrons. The molecule has 0 heterocycles. The molecular weight excluding hydrogens is 284 g/mol. The summed E-state index contributed by atoms with van der Waals surface area (Å²) < 4.78 is 5.92. The summed E-state index contributed by atoms with van der Waals surface area (Å²) in [4.78, 5) is 11.9. The van der Waals surface area contributed by atoms with Crippen LogP contribution in [-0.2, 0) is 11.2 Å². The van der Waals surface area contributed by atoms with Gasteiger partial charge < -0.3 is 4.74 Å². The number of ketones is 1. The van der Waals surface area contributed by atoms with E-state index in [2.05, 4.69) is 6.07 Å². The molecule has 3 heteroatoms. The average molecular weight is 299 g/mol. The number of carbonyl (C=O) groups excluding carboxylic acids is 1. The predicted molar refractivity (Wildman–Crippen MR) is 84.4 cm³/mol. The molecule has 0 amide bonds. The van der Waals surface area contributed by atoms with Crippen molar-refractivity contribution in [2.24, 2.45) is 0 Å². The zero-order chi connectivity index (χ0) is 14.7. The first-order chi connectivity index (χ1) is 10.2. The SMILES string of the molecule is O=C1C=C(Oc2ccc(Cl)cc2)c2ccccc2CCC1. The van der Waals surface area contributed by atoms with Gasteiger partial charge in [0.05, 0.1) is 0 Å². The van der Waals surface area contributed by atoms with E-state index in [4.69, 9.17) is 16.3 Å². The van der Waals surface area contributed by atoms with Gasteiger partial charge in [-0.15, -0.1) is 0 Å². The summed E-state index contributed by atoms with van der Waals surface area (Å²) >= 11 is 5.88. The Morgan fingerprint density at radius 2 is 1.71 bits per heavy atom. The van der Waals surface area contributed by atoms with Crippen molar-refractivity contribution in [3.63, 3.8) is 0 Å². The molecule has 2 aromatic carbocycles. The highest BCUT2D eigenvalue weighted by Crippen LogP contribution is 2.27. The lowest BCUT2D eigenvalue weighted by molar-refractivity contribution is -0.114. The molecule has 0 bridgehead atoms. The van der Waals surface area contributed by atoms with Gasteiger partial charge in [0.2, 0.25) is 0 Å². The maximum absolute atomic E-state index is 11.9. The summed E-state index contributed by atoms with van der Waals surface area (Å²) in [5.74, 6) is 1.39. The molecule has 0 saturated carbocycles. The molecule has 0 atom stereocenters. The summed E-state index contributed by atoms with van der Waals surface area (Å²) in [6.07, 6.45) is 3.93. The van der Waals surface area contributed by atoms with E-state index in [0.717, 1.165) is 18.4 Å². The van der Waals surface area contributed by atoms with Crippen LogP contribution in [0.3, 0.4) is 0 Å². The summed E-state index contributed by atoms with van der Waals surface area (Å²) in [5.41, 5.74) is 2.20. The monoisotopic (exact) mass is 298 g/mol. The summed E-state index contributed by atoms with van der Waals surface area (Å²) in [6.45, 7) is 0. The van der Waals surface area contributed by atoms with Gasteiger partial charge in [0.25, 0.3) is 0 Å². The molecule has 0 fully saturated rings. The van der Waals surface area contributed by atoms with Gasteiger partial charge in [-0.3, -0.25) is 4.79 Å². The molecule has 1 aliphatic rings. The van der Waals surface area contributed by atoms with E-state index in [1.807, 2.05) is 18.2 Å². The molecule has 21 heavy (non-hydrogen) atoms. The summed E-state index contributed by atoms with van der Waals surface area (Å²) in [7, 11) is 0. The maximum atomic E-state index is 11.9. The Balaban J connectivity index is 1.99. The standard InChI is InChI=1S/C18H15ClO2/c19-14-8-10-16(11-9-14)21-18-12-15(20)6-3-5-13-4-1-2-7-17(13)18/h1-2,4,7-12H,3,5-6H2. The second-order valence-electron chi connectivity index (χ2n) is 5.04. The molecule has 0 aliphatic heterocycles. The summed E-state index contributed by atoms with van der Waals surface area (Å²) in [5, 5.41) is 0.658. The van der Waals surface area contributed by atoms with E-state index in [1.165, 1.54) is 5.56 Å². The van der Waals surface area contributed by atoms with Crippen LogP contribution in [0.1, 0.15) is 24.0 Å². The largest absolute Gasteiger partial charge is 0.457 e. The minimum Gasteiger partial charge on any atom is -0.457 e. The maximum Gasteiger partial charge on any atom is 0.159 e. The first-order valence-electron chi connectivity index (χ1n) is 6.98. The fourth-order valence-corrected chi connectivity index (χ4v) is 2.57.